The monoisotopic (exact) mass is 361 g/mol. The summed E-state index contributed by atoms with van der Waals surface area (Å²) in [6, 6.07) is 7.44. The number of nitrogens with one attached hydrogen (secondary N) is 1. The highest BCUT2D eigenvalue weighted by Crippen LogP contribution is 2.28. The molecule has 0 amide bonds. The minimum Gasteiger partial charge on any atom is -0.461 e. The van der Waals surface area contributed by atoms with Gasteiger partial charge >= 0.3 is 5.97 Å². The van der Waals surface area contributed by atoms with Crippen molar-refractivity contribution in [2.45, 2.75) is 6.92 Å². The zero-order valence-corrected chi connectivity index (χ0v) is 13.2. The van der Waals surface area contributed by atoms with E-state index in [1.54, 1.807) is 17.8 Å². The molecule has 1 aromatic carbocycles. The summed E-state index contributed by atoms with van der Waals surface area (Å²) in [4.78, 5) is 11.9. The summed E-state index contributed by atoms with van der Waals surface area (Å²) >= 11 is 3.51. The van der Waals surface area contributed by atoms with Crippen LogP contribution in [0.25, 0.3) is 16.9 Å². The fraction of sp³-hybridized carbons (Fsp3) is 0.143. The van der Waals surface area contributed by atoms with E-state index in [0.29, 0.717) is 5.69 Å². The summed E-state index contributed by atoms with van der Waals surface area (Å²) in [5.74, 6) is -0.501. The van der Waals surface area contributed by atoms with Gasteiger partial charge in [0, 0.05) is 22.4 Å². The lowest BCUT2D eigenvalue weighted by Crippen LogP contribution is -2.06. The van der Waals surface area contributed by atoms with Crippen LogP contribution in [0.5, 0.6) is 0 Å². The zero-order chi connectivity index (χ0) is 15.5. The van der Waals surface area contributed by atoms with E-state index in [1.807, 2.05) is 30.5 Å². The number of benzene rings is 1. The average molecular weight is 362 g/mol. The topological polar surface area (TPSA) is 85.7 Å². The molecule has 0 fully saturated rings. The smallest absolute Gasteiger partial charge is 0.361 e. The lowest BCUT2D eigenvalue weighted by molar-refractivity contribution is 0.0520. The SMILES string of the molecule is CCOC(=O)c1n[nH]nc1-c1ccc(-n2cccn2)c(Br)c1. The number of halogens is 1. The van der Waals surface area contributed by atoms with Crippen molar-refractivity contribution in [3.05, 3.63) is 46.8 Å². The first-order chi connectivity index (χ1) is 10.7. The third-order valence-electron chi connectivity index (χ3n) is 2.99. The van der Waals surface area contributed by atoms with E-state index in [0.717, 1.165) is 15.7 Å². The highest BCUT2D eigenvalue weighted by Gasteiger charge is 2.19. The number of aromatic amines is 1. The number of esters is 1. The number of ether oxygens (including phenoxy) is 1. The molecule has 1 N–H and O–H groups in total. The van der Waals surface area contributed by atoms with E-state index in [9.17, 15) is 4.79 Å². The first-order valence-electron chi connectivity index (χ1n) is 6.58. The third kappa shape index (κ3) is 2.64. The molecule has 112 valence electrons. The molecule has 0 unspecified atom stereocenters. The van der Waals surface area contributed by atoms with Crippen molar-refractivity contribution >= 4 is 21.9 Å². The minimum absolute atomic E-state index is 0.167. The Morgan fingerprint density at radius 2 is 2.27 bits per heavy atom. The second-order valence-electron chi connectivity index (χ2n) is 4.36. The van der Waals surface area contributed by atoms with E-state index in [4.69, 9.17) is 4.74 Å². The summed E-state index contributed by atoms with van der Waals surface area (Å²) in [6.45, 7) is 2.03. The Hall–Kier alpha value is -2.48. The fourth-order valence-corrected chi connectivity index (χ4v) is 2.59. The van der Waals surface area contributed by atoms with Crippen molar-refractivity contribution in [3.63, 3.8) is 0 Å². The quantitative estimate of drug-likeness (QED) is 0.721. The van der Waals surface area contributed by atoms with Crippen LogP contribution in [0.15, 0.2) is 41.1 Å². The lowest BCUT2D eigenvalue weighted by Gasteiger charge is -2.07. The highest BCUT2D eigenvalue weighted by atomic mass is 79.9. The Morgan fingerprint density at radius 1 is 1.41 bits per heavy atom. The summed E-state index contributed by atoms with van der Waals surface area (Å²) < 4.78 is 7.54. The van der Waals surface area contributed by atoms with Crippen LogP contribution in [-0.4, -0.2) is 37.8 Å². The number of hydrogen-bond acceptors (Lipinski definition) is 5. The molecule has 2 aromatic heterocycles. The minimum atomic E-state index is -0.501. The van der Waals surface area contributed by atoms with Crippen LogP contribution >= 0.6 is 15.9 Å². The first kappa shape index (κ1) is 14.5. The van der Waals surface area contributed by atoms with E-state index in [2.05, 4.69) is 36.4 Å². The van der Waals surface area contributed by atoms with Crippen molar-refractivity contribution in [2.24, 2.45) is 0 Å². The van der Waals surface area contributed by atoms with Crippen LogP contribution in [0.2, 0.25) is 0 Å². The Bertz CT molecular complexity index is 797. The van der Waals surface area contributed by atoms with Gasteiger partial charge in [-0.15, -0.1) is 5.10 Å². The number of hydrogen-bond donors (Lipinski definition) is 1. The Balaban J connectivity index is 1.99. The second kappa shape index (κ2) is 6.10. The molecule has 3 aromatic rings. The van der Waals surface area contributed by atoms with Gasteiger partial charge in [-0.3, -0.25) is 0 Å². The molecule has 0 saturated carbocycles. The standard InChI is InChI=1S/C14H12BrN5O2/c1-2-22-14(21)13-12(17-19-18-13)9-4-5-11(10(15)8-9)20-7-3-6-16-20/h3-8H,2H2,1H3,(H,17,18,19). The van der Waals surface area contributed by atoms with Gasteiger partial charge < -0.3 is 4.74 Å². The zero-order valence-electron chi connectivity index (χ0n) is 11.7. The summed E-state index contributed by atoms with van der Waals surface area (Å²) in [7, 11) is 0. The van der Waals surface area contributed by atoms with Crippen molar-refractivity contribution < 1.29 is 9.53 Å². The second-order valence-corrected chi connectivity index (χ2v) is 5.21. The van der Waals surface area contributed by atoms with E-state index in [1.165, 1.54) is 0 Å². The normalized spacial score (nSPS) is 10.6. The molecule has 0 aliphatic heterocycles. The number of carbonyl (C=O) groups is 1. The molecule has 2 heterocycles. The Morgan fingerprint density at radius 3 is 2.95 bits per heavy atom. The number of nitrogens with zero attached hydrogens (tertiary/aromatic N) is 4. The summed E-state index contributed by atoms with van der Waals surface area (Å²) in [5.41, 5.74) is 2.25. The van der Waals surface area contributed by atoms with Gasteiger partial charge in [-0.1, -0.05) is 6.07 Å². The van der Waals surface area contributed by atoms with Crippen LogP contribution in [0.3, 0.4) is 0 Å². The van der Waals surface area contributed by atoms with E-state index >= 15 is 0 Å². The molecule has 0 spiro atoms. The maximum Gasteiger partial charge on any atom is 0.361 e. The molecule has 8 heteroatoms. The summed E-state index contributed by atoms with van der Waals surface area (Å²) in [5, 5.41) is 14.6. The van der Waals surface area contributed by atoms with Gasteiger partial charge in [0.1, 0.15) is 5.69 Å². The van der Waals surface area contributed by atoms with Crippen LogP contribution in [0.4, 0.5) is 0 Å². The molecular formula is C14H12BrN5O2. The van der Waals surface area contributed by atoms with Crippen LogP contribution in [0.1, 0.15) is 17.4 Å². The number of rotatable bonds is 4. The van der Waals surface area contributed by atoms with Gasteiger partial charge in [-0.25, -0.2) is 9.48 Å². The molecule has 0 aliphatic rings. The maximum atomic E-state index is 11.9. The largest absolute Gasteiger partial charge is 0.461 e. The summed E-state index contributed by atoms with van der Waals surface area (Å²) in [6.07, 6.45) is 3.55. The van der Waals surface area contributed by atoms with Gasteiger partial charge in [-0.05, 0) is 41.1 Å². The molecular weight excluding hydrogens is 350 g/mol. The molecule has 0 saturated heterocycles. The molecule has 0 atom stereocenters. The van der Waals surface area contributed by atoms with Crippen LogP contribution in [0, 0.1) is 0 Å². The predicted octanol–water partition coefficient (Wildman–Crippen LogP) is 2.60. The number of carbonyl (C=O) groups excluding carboxylic acids is 1. The average Bonchev–Trinajstić information content (AvgIpc) is 3.19. The lowest BCUT2D eigenvalue weighted by atomic mass is 10.1. The number of H-pyrrole nitrogens is 1. The molecule has 3 rings (SSSR count). The molecule has 0 radical (unpaired) electrons. The van der Waals surface area contributed by atoms with Crippen molar-refractivity contribution in [1.29, 1.82) is 0 Å². The van der Waals surface area contributed by atoms with Crippen molar-refractivity contribution in [2.75, 3.05) is 6.61 Å². The fourth-order valence-electron chi connectivity index (χ4n) is 2.03. The van der Waals surface area contributed by atoms with Crippen LogP contribution < -0.4 is 0 Å². The number of aromatic nitrogens is 5. The van der Waals surface area contributed by atoms with Gasteiger partial charge in [0.2, 0.25) is 0 Å². The maximum absolute atomic E-state index is 11.9. The van der Waals surface area contributed by atoms with Gasteiger partial charge in [0.15, 0.2) is 5.69 Å². The molecule has 0 bridgehead atoms. The third-order valence-corrected chi connectivity index (χ3v) is 3.62. The molecule has 0 aliphatic carbocycles. The first-order valence-corrected chi connectivity index (χ1v) is 7.38. The van der Waals surface area contributed by atoms with Gasteiger partial charge in [-0.2, -0.15) is 15.4 Å². The Labute approximate surface area is 134 Å². The molecule has 22 heavy (non-hydrogen) atoms. The van der Waals surface area contributed by atoms with Crippen molar-refractivity contribution in [1.82, 2.24) is 25.2 Å². The van der Waals surface area contributed by atoms with Crippen LogP contribution in [-0.2, 0) is 4.74 Å². The van der Waals surface area contributed by atoms with E-state index in [-0.39, 0.29) is 12.3 Å². The van der Waals surface area contributed by atoms with Gasteiger partial charge in [0.25, 0.3) is 0 Å². The van der Waals surface area contributed by atoms with Crippen molar-refractivity contribution in [3.8, 4) is 16.9 Å². The van der Waals surface area contributed by atoms with Gasteiger partial charge in [0.05, 0.1) is 12.3 Å². The highest BCUT2D eigenvalue weighted by molar-refractivity contribution is 9.10. The molecule has 7 nitrogen and oxygen atoms in total. The van der Waals surface area contributed by atoms with E-state index < -0.39 is 5.97 Å². The Kier molecular flexibility index (Phi) is 4.01. The predicted molar refractivity (Wildman–Crippen MR) is 82.6 cm³/mol.